The molecule has 5 atom stereocenters. The van der Waals surface area contributed by atoms with E-state index in [4.69, 9.17) is 24.5 Å². The average molecular weight is 678 g/mol. The van der Waals surface area contributed by atoms with E-state index >= 15 is 0 Å². The number of ketones is 2. The maximum Gasteiger partial charge on any atom is 0.265 e. The number of likely N-dealkylation sites (tertiary alicyclic amines) is 1. The summed E-state index contributed by atoms with van der Waals surface area (Å²) in [5.41, 5.74) is 7.67. The van der Waals surface area contributed by atoms with Gasteiger partial charge in [0.25, 0.3) is 5.88 Å². The predicted molar refractivity (Wildman–Crippen MR) is 181 cm³/mol. The number of rotatable bonds is 8. The van der Waals surface area contributed by atoms with Crippen molar-refractivity contribution in [2.45, 2.75) is 56.6 Å². The molecule has 4 aliphatic rings. The minimum absolute atomic E-state index is 0.0270. The molecule has 4 N–H and O–H groups in total. The van der Waals surface area contributed by atoms with Crippen molar-refractivity contribution in [2.75, 3.05) is 20.7 Å². The van der Waals surface area contributed by atoms with Crippen molar-refractivity contribution < 1.29 is 38.5 Å². The lowest BCUT2D eigenvalue weighted by Gasteiger charge is -2.47. The van der Waals surface area contributed by atoms with Crippen LogP contribution in [0.5, 0.6) is 17.4 Å². The van der Waals surface area contributed by atoms with Crippen LogP contribution in [0.25, 0.3) is 0 Å². The van der Waals surface area contributed by atoms with Gasteiger partial charge >= 0.3 is 0 Å². The number of carbonyl (C=O) groups is 2. The molecule has 1 aliphatic heterocycles. The highest BCUT2D eigenvalue weighted by Crippen LogP contribution is 2.56. The SMILES string of the molecule is COc1c([C@@H]2CCCN2C)cc(OCc2ccccc2)c2c1C[C@H]1C[C@H]3[C@H](N)c4onc(OCc5ccccc5)c4C(=O)[C@@]3(O)C(O)=C1C2=O. The van der Waals surface area contributed by atoms with E-state index in [1.54, 1.807) is 7.11 Å². The van der Waals surface area contributed by atoms with Crippen molar-refractivity contribution in [2.24, 2.45) is 17.6 Å². The van der Waals surface area contributed by atoms with Crippen LogP contribution in [0, 0.1) is 11.8 Å². The first-order valence-corrected chi connectivity index (χ1v) is 17.0. The van der Waals surface area contributed by atoms with Gasteiger partial charge in [0, 0.05) is 28.7 Å². The predicted octanol–water partition coefficient (Wildman–Crippen LogP) is 5.42. The van der Waals surface area contributed by atoms with Gasteiger partial charge in [-0.25, -0.2) is 0 Å². The average Bonchev–Trinajstić information content (AvgIpc) is 3.76. The summed E-state index contributed by atoms with van der Waals surface area (Å²) in [6, 6.07) is 19.9. The number of aliphatic hydroxyl groups excluding tert-OH is 1. The number of nitrogens with zero attached hydrogens (tertiary/aromatic N) is 2. The van der Waals surface area contributed by atoms with Crippen molar-refractivity contribution >= 4 is 11.6 Å². The van der Waals surface area contributed by atoms with Gasteiger partial charge in [0.05, 0.1) is 18.7 Å². The summed E-state index contributed by atoms with van der Waals surface area (Å²) >= 11 is 0. The van der Waals surface area contributed by atoms with Crippen LogP contribution in [0.2, 0.25) is 0 Å². The second-order valence-corrected chi connectivity index (χ2v) is 13.7. The van der Waals surface area contributed by atoms with Gasteiger partial charge in [-0.1, -0.05) is 60.7 Å². The molecule has 4 aromatic rings. The van der Waals surface area contributed by atoms with Crippen LogP contribution in [0.15, 0.2) is 82.6 Å². The zero-order valence-electron chi connectivity index (χ0n) is 27.9. The normalized spacial score (nSPS) is 25.8. The minimum Gasteiger partial charge on any atom is -0.508 e. The van der Waals surface area contributed by atoms with E-state index in [9.17, 15) is 19.8 Å². The molecule has 0 saturated carbocycles. The molecule has 0 unspecified atom stereocenters. The van der Waals surface area contributed by atoms with Gasteiger partial charge < -0.3 is 34.7 Å². The smallest absolute Gasteiger partial charge is 0.265 e. The molecule has 2 heterocycles. The molecule has 3 aromatic carbocycles. The number of benzene rings is 3. The molecule has 258 valence electrons. The summed E-state index contributed by atoms with van der Waals surface area (Å²) in [5, 5.41) is 28.2. The molecule has 1 aromatic heterocycles. The van der Waals surface area contributed by atoms with Crippen molar-refractivity contribution in [3.05, 3.63) is 117 Å². The van der Waals surface area contributed by atoms with Crippen LogP contribution in [-0.2, 0) is 19.6 Å². The number of Topliss-reactive ketones (excluding diaryl/α,β-unsaturated/α-hetero) is 2. The van der Waals surface area contributed by atoms with E-state index in [-0.39, 0.29) is 54.0 Å². The monoisotopic (exact) mass is 677 g/mol. The maximum atomic E-state index is 14.7. The summed E-state index contributed by atoms with van der Waals surface area (Å²) < 4.78 is 23.9. The lowest BCUT2D eigenvalue weighted by atomic mass is 9.59. The van der Waals surface area contributed by atoms with Gasteiger partial charge in [-0.2, -0.15) is 0 Å². The first kappa shape index (κ1) is 32.2. The molecule has 0 amide bonds. The van der Waals surface area contributed by atoms with E-state index < -0.39 is 40.8 Å². The second kappa shape index (κ2) is 12.4. The maximum absolute atomic E-state index is 14.7. The zero-order valence-corrected chi connectivity index (χ0v) is 27.9. The quantitative estimate of drug-likeness (QED) is 0.219. The number of hydrogen-bond acceptors (Lipinski definition) is 11. The molecule has 1 fully saturated rings. The molecule has 0 spiro atoms. The molecule has 11 heteroatoms. The van der Waals surface area contributed by atoms with Crippen LogP contribution >= 0.6 is 0 Å². The number of hydrogen-bond donors (Lipinski definition) is 3. The van der Waals surface area contributed by atoms with Crippen LogP contribution in [-0.4, -0.2) is 58.1 Å². The van der Waals surface area contributed by atoms with Crippen LogP contribution < -0.4 is 19.9 Å². The Kier molecular flexibility index (Phi) is 8.01. The van der Waals surface area contributed by atoms with Gasteiger partial charge in [0.2, 0.25) is 5.78 Å². The molecule has 0 radical (unpaired) electrons. The molecule has 8 rings (SSSR count). The Morgan fingerprint density at radius 3 is 2.34 bits per heavy atom. The minimum atomic E-state index is -2.50. The second-order valence-electron chi connectivity index (χ2n) is 13.7. The Bertz CT molecular complexity index is 2010. The highest BCUT2D eigenvalue weighted by atomic mass is 16.5. The van der Waals surface area contributed by atoms with Crippen LogP contribution in [0.4, 0.5) is 0 Å². The molecule has 11 nitrogen and oxygen atoms in total. The van der Waals surface area contributed by atoms with Crippen LogP contribution in [0.3, 0.4) is 0 Å². The van der Waals surface area contributed by atoms with Gasteiger partial charge in [-0.15, -0.1) is 0 Å². The third-order valence-corrected chi connectivity index (χ3v) is 10.9. The fraction of sp³-hybridized carbons (Fsp3) is 0.359. The highest BCUT2D eigenvalue weighted by Gasteiger charge is 2.63. The summed E-state index contributed by atoms with van der Waals surface area (Å²) in [4.78, 5) is 31.2. The highest BCUT2D eigenvalue weighted by molar-refractivity contribution is 6.16. The molecule has 1 saturated heterocycles. The first-order chi connectivity index (χ1) is 24.2. The van der Waals surface area contributed by atoms with E-state index in [2.05, 4.69) is 17.1 Å². The lowest BCUT2D eigenvalue weighted by molar-refractivity contribution is -0.0356. The first-order valence-electron chi connectivity index (χ1n) is 17.0. The number of carbonyl (C=O) groups excluding carboxylic acids is 2. The Labute approximate surface area is 289 Å². The zero-order chi connectivity index (χ0) is 34.7. The van der Waals surface area contributed by atoms with E-state index in [0.717, 1.165) is 36.1 Å². The number of aromatic nitrogens is 1. The standard InChI is InChI=1S/C39H39N3O8/c1-42-15-9-14-27(42)24-18-28(48-19-21-10-5-3-6-11-21)30-25(34(24)47-2)16-23-17-26-32(40)35-31(37(45)39(26,46)36(44)29(23)33(30)43)38(41-50-35)49-20-22-12-7-4-8-13-22/h3-8,10-13,18,23,26-27,32,44,46H,9,14-17,19-20,40H2,1-2H3/t23-,26-,27-,32-,39-/m0/s1. The summed E-state index contributed by atoms with van der Waals surface area (Å²) in [7, 11) is 3.68. The lowest BCUT2D eigenvalue weighted by Crippen LogP contribution is -2.58. The Morgan fingerprint density at radius 2 is 1.70 bits per heavy atom. The number of ether oxygens (including phenoxy) is 3. The van der Waals surface area contributed by atoms with Crippen molar-refractivity contribution in [3.8, 4) is 17.4 Å². The summed E-state index contributed by atoms with van der Waals surface area (Å²) in [6.45, 7) is 1.23. The van der Waals surface area contributed by atoms with E-state index in [0.29, 0.717) is 23.5 Å². The number of allylic oxidation sites excluding steroid dienone is 1. The third-order valence-electron chi connectivity index (χ3n) is 10.9. The molecular formula is C39H39N3O8. The van der Waals surface area contributed by atoms with Crippen LogP contribution in [0.1, 0.15) is 80.1 Å². The fourth-order valence-corrected chi connectivity index (χ4v) is 8.43. The topological polar surface area (TPSA) is 158 Å². The van der Waals surface area contributed by atoms with E-state index in [1.807, 2.05) is 66.7 Å². The Morgan fingerprint density at radius 1 is 1.02 bits per heavy atom. The number of nitrogens with two attached hydrogens (primary N) is 1. The number of aliphatic hydroxyl groups is 2. The largest absolute Gasteiger partial charge is 0.508 e. The van der Waals surface area contributed by atoms with E-state index in [1.165, 1.54) is 0 Å². The number of methoxy groups -OCH3 is 1. The molecular weight excluding hydrogens is 638 g/mol. The summed E-state index contributed by atoms with van der Waals surface area (Å²) in [6.07, 6.45) is 2.39. The Balaban J connectivity index is 1.22. The number of fused-ring (bicyclic) bond motifs is 4. The van der Waals surface area contributed by atoms with Gasteiger partial charge in [0.15, 0.2) is 17.1 Å². The summed E-state index contributed by atoms with van der Waals surface area (Å²) in [5.74, 6) is -2.75. The fourth-order valence-electron chi connectivity index (χ4n) is 8.43. The van der Waals surface area contributed by atoms with Crippen molar-refractivity contribution in [1.82, 2.24) is 10.1 Å². The molecule has 50 heavy (non-hydrogen) atoms. The third kappa shape index (κ3) is 4.94. The van der Waals surface area contributed by atoms with Gasteiger partial charge in [-0.3, -0.25) is 14.5 Å². The van der Waals surface area contributed by atoms with Crippen molar-refractivity contribution in [3.63, 3.8) is 0 Å². The van der Waals surface area contributed by atoms with Crippen molar-refractivity contribution in [1.29, 1.82) is 0 Å². The van der Waals surface area contributed by atoms with Gasteiger partial charge in [0.1, 0.15) is 36.0 Å². The molecule has 0 bridgehead atoms. The molecule has 3 aliphatic carbocycles. The van der Waals surface area contributed by atoms with Gasteiger partial charge in [-0.05, 0) is 67.5 Å². The Hall–Kier alpha value is -4.97.